The van der Waals surface area contributed by atoms with Crippen LogP contribution in [0, 0.1) is 0 Å². The molecule has 0 aliphatic carbocycles. The summed E-state index contributed by atoms with van der Waals surface area (Å²) in [5, 5.41) is 0. The Morgan fingerprint density at radius 1 is 0.900 bits per heavy atom. The molecule has 10 heteroatoms. The van der Waals surface area contributed by atoms with Crippen LogP contribution in [-0.4, -0.2) is 48.5 Å². The molecule has 8 nitrogen and oxygen atoms in total. The van der Waals surface area contributed by atoms with Gasteiger partial charge < -0.3 is 14.7 Å². The van der Waals surface area contributed by atoms with Crippen molar-refractivity contribution in [3.63, 3.8) is 0 Å². The normalized spacial score (nSPS) is 11.9. The van der Waals surface area contributed by atoms with Crippen molar-refractivity contribution < 1.29 is 33.0 Å². The van der Waals surface area contributed by atoms with E-state index < -0.39 is 27.9 Å². The maximum atomic E-state index is 8.88. The summed E-state index contributed by atoms with van der Waals surface area (Å²) in [5.41, 5.74) is 0. The van der Waals surface area contributed by atoms with Crippen LogP contribution in [0.5, 0.6) is 0 Å². The summed E-state index contributed by atoms with van der Waals surface area (Å²) in [6.07, 6.45) is 0. The predicted molar refractivity (Wildman–Crippen MR) is 28.9 cm³/mol. The van der Waals surface area contributed by atoms with E-state index >= 15 is 0 Å². The number of phosphoric acid groups is 1. The Hall–Kier alpha value is 0.749. The van der Waals surface area contributed by atoms with Gasteiger partial charge in [0.1, 0.15) is 0 Å². The second kappa shape index (κ2) is 4.59. The van der Waals surface area contributed by atoms with Crippen molar-refractivity contribution in [3.8, 4) is 0 Å². The molecule has 0 saturated heterocycles. The van der Waals surface area contributed by atoms with E-state index in [1.54, 1.807) is 0 Å². The van der Waals surface area contributed by atoms with Crippen LogP contribution >= 0.6 is 7.82 Å². The number of hydrogen-bond donors (Lipinski definition) is 7. The molecule has 0 bridgehead atoms. The van der Waals surface area contributed by atoms with Crippen molar-refractivity contribution >= 4 is 27.9 Å². The van der Waals surface area contributed by atoms with Crippen LogP contribution in [0.25, 0.3) is 0 Å². The summed E-state index contributed by atoms with van der Waals surface area (Å²) >= 11 is -5.18. The molecule has 0 amide bonds. The third-order valence-electron chi connectivity index (χ3n) is 0. The molecule has 0 saturated carbocycles. The van der Waals surface area contributed by atoms with Crippen molar-refractivity contribution in [1.29, 1.82) is 0 Å². The predicted octanol–water partition coefficient (Wildman–Crippen LogP) is -3.54. The Morgan fingerprint density at radius 2 is 0.900 bits per heavy atom. The molecule has 0 radical (unpaired) electrons. The monoisotopic (exact) mass is 286 g/mol. The average molecular weight is 285 g/mol. The van der Waals surface area contributed by atoms with E-state index in [4.69, 9.17) is 33.0 Å². The second-order valence-electron chi connectivity index (χ2n) is 1.11. The molecular weight excluding hydrogens is 278 g/mol. The van der Waals surface area contributed by atoms with E-state index in [1.165, 1.54) is 0 Å². The second-order valence-corrected chi connectivity index (χ2v) is 5.56. The molecule has 7 N–H and O–H groups in total. The fourth-order valence-corrected chi connectivity index (χ4v) is 0. The Labute approximate surface area is 61.3 Å². The molecule has 0 aromatic rings. The van der Waals surface area contributed by atoms with Gasteiger partial charge in [0, 0.05) is 0 Å². The third kappa shape index (κ3) is 937. The van der Waals surface area contributed by atoms with Gasteiger partial charge in [-0.1, -0.05) is 0 Å². The first kappa shape index (κ1) is 13.3. The molecule has 10 heavy (non-hydrogen) atoms. The third-order valence-corrected chi connectivity index (χ3v) is 0. The van der Waals surface area contributed by atoms with Crippen molar-refractivity contribution in [2.75, 3.05) is 0 Å². The quantitative estimate of drug-likeness (QED) is 0.178. The van der Waals surface area contributed by atoms with Gasteiger partial charge in [-0.3, -0.25) is 0 Å². The summed E-state index contributed by atoms with van der Waals surface area (Å²) in [5.74, 6) is 0. The van der Waals surface area contributed by atoms with Gasteiger partial charge in [-0.05, 0) is 0 Å². The van der Waals surface area contributed by atoms with E-state index in [2.05, 4.69) is 0 Å². The molecule has 0 aliphatic heterocycles. The summed E-state index contributed by atoms with van der Waals surface area (Å²) in [6.45, 7) is 0. The number of rotatable bonds is 0. The molecule has 0 rings (SSSR count). The van der Waals surface area contributed by atoms with E-state index in [-0.39, 0.29) is 0 Å². The van der Waals surface area contributed by atoms with E-state index in [9.17, 15) is 0 Å². The standard InChI is InChI=1S/H3O4P.4H2O.Sn/c1-5(2,3)4;;;;;/h(H3,1,2,3,4);4*1H2;/q;;;;;+4/p-4. The van der Waals surface area contributed by atoms with Gasteiger partial charge in [0.05, 0.1) is 0 Å². The van der Waals surface area contributed by atoms with Crippen LogP contribution in [0.1, 0.15) is 0 Å². The minimum atomic E-state index is -5.18. The van der Waals surface area contributed by atoms with Gasteiger partial charge in [-0.25, -0.2) is 4.57 Å². The zero-order valence-electron chi connectivity index (χ0n) is 4.49. The van der Waals surface area contributed by atoms with Crippen molar-refractivity contribution in [2.24, 2.45) is 0 Å². The first-order valence-corrected chi connectivity index (χ1v) is 8.35. The van der Waals surface area contributed by atoms with Gasteiger partial charge >= 0.3 is 41.6 Å². The minimum absolute atomic E-state index is 4.64. The molecule has 0 heterocycles. The van der Waals surface area contributed by atoms with Crippen molar-refractivity contribution in [1.82, 2.24) is 0 Å². The molecule has 0 aromatic carbocycles. The van der Waals surface area contributed by atoms with Gasteiger partial charge in [0.2, 0.25) is 0 Å². The van der Waals surface area contributed by atoms with Gasteiger partial charge in [-0.2, -0.15) is 0 Å². The molecule has 64 valence electrons. The van der Waals surface area contributed by atoms with Gasteiger partial charge in [-0.15, -0.1) is 0 Å². The van der Waals surface area contributed by atoms with Crippen LogP contribution in [0.3, 0.4) is 0 Å². The summed E-state index contributed by atoms with van der Waals surface area (Å²) < 4.78 is 38.5. The molecular formula is H7O8PSn. The van der Waals surface area contributed by atoms with E-state index in [0.717, 1.165) is 0 Å². The summed E-state index contributed by atoms with van der Waals surface area (Å²) in [4.78, 5) is 21.6. The van der Waals surface area contributed by atoms with Gasteiger partial charge in [0.25, 0.3) is 0 Å². The molecule has 0 aromatic heterocycles. The fourth-order valence-electron chi connectivity index (χ4n) is 0. The Kier molecular flexibility index (Phi) is 6.13. The average Bonchev–Trinajstić information content (AvgIpc) is 1.12. The van der Waals surface area contributed by atoms with E-state index in [0.29, 0.717) is 0 Å². The first-order chi connectivity index (χ1) is 4.00. The van der Waals surface area contributed by atoms with E-state index in [1.807, 2.05) is 0 Å². The SMILES string of the molecule is O=P(O)(O)O.[OH][Sn]([OH])([OH])[OH]. The van der Waals surface area contributed by atoms with Gasteiger partial charge in [0.15, 0.2) is 0 Å². The first-order valence-electron chi connectivity index (χ1n) is 1.68. The molecule has 0 atom stereocenters. The zero-order chi connectivity index (χ0) is 9.00. The molecule has 0 unspecified atom stereocenters. The summed E-state index contributed by atoms with van der Waals surface area (Å²) in [6, 6.07) is 0. The maximum absolute atomic E-state index is 8.88. The fraction of sp³-hybridized carbons (Fsp3) is 0. The topological polar surface area (TPSA) is 159 Å². The summed E-state index contributed by atoms with van der Waals surface area (Å²) in [7, 11) is -4.64. The Bertz CT molecular complexity index is 101. The van der Waals surface area contributed by atoms with Crippen LogP contribution in [0.4, 0.5) is 0 Å². The zero-order valence-corrected chi connectivity index (χ0v) is 8.23. The Morgan fingerprint density at radius 3 is 0.900 bits per heavy atom. The van der Waals surface area contributed by atoms with Crippen LogP contribution in [0.2, 0.25) is 0 Å². The van der Waals surface area contributed by atoms with Crippen LogP contribution in [-0.2, 0) is 4.57 Å². The Balaban J connectivity index is 0. The van der Waals surface area contributed by atoms with Crippen molar-refractivity contribution in [2.45, 2.75) is 0 Å². The number of hydrogen-bond acceptors (Lipinski definition) is 5. The molecule has 0 fully saturated rings. The molecule has 0 aliphatic rings. The van der Waals surface area contributed by atoms with Crippen LogP contribution in [0.15, 0.2) is 0 Å². The molecule has 0 spiro atoms. The van der Waals surface area contributed by atoms with Crippen molar-refractivity contribution in [3.05, 3.63) is 0 Å². The van der Waals surface area contributed by atoms with Crippen LogP contribution < -0.4 is 0 Å².